The Kier molecular flexibility index (Phi) is 6.44. The minimum Gasteiger partial charge on any atom is -0.508 e. The minimum atomic E-state index is -0.452. The summed E-state index contributed by atoms with van der Waals surface area (Å²) in [6.45, 7) is 2.28. The summed E-state index contributed by atoms with van der Waals surface area (Å²) in [5.74, 6) is -0.253. The number of anilines is 1. The van der Waals surface area contributed by atoms with Crippen LogP contribution in [0.15, 0.2) is 54.2 Å². The number of halogens is 1. The van der Waals surface area contributed by atoms with Crippen molar-refractivity contribution in [2.75, 3.05) is 11.9 Å². The van der Waals surface area contributed by atoms with E-state index in [4.69, 9.17) is 16.9 Å². The Labute approximate surface area is 151 Å². The van der Waals surface area contributed by atoms with Crippen molar-refractivity contribution in [2.45, 2.75) is 13.3 Å². The molecule has 0 saturated heterocycles. The highest BCUT2D eigenvalue weighted by Crippen LogP contribution is 2.20. The fourth-order valence-corrected chi connectivity index (χ4v) is 2.25. The number of nitrogens with one attached hydrogen (secondary N) is 2. The number of phenolic OH excluding ortho intramolecular Hbond substituents is 1. The zero-order chi connectivity index (χ0) is 18.2. The SMILES string of the molecule is Cc1ccc(N/C=C(/C#N)C(=O)NCCc2ccc(O)cc2)cc1Cl. The normalized spacial score (nSPS) is 10.8. The molecule has 0 aromatic heterocycles. The molecule has 5 nitrogen and oxygen atoms in total. The predicted molar refractivity (Wildman–Crippen MR) is 98.3 cm³/mol. The van der Waals surface area contributed by atoms with Gasteiger partial charge in [0, 0.05) is 23.5 Å². The molecule has 0 heterocycles. The molecule has 3 N–H and O–H groups in total. The first-order valence-electron chi connectivity index (χ1n) is 7.68. The van der Waals surface area contributed by atoms with Crippen molar-refractivity contribution < 1.29 is 9.90 Å². The van der Waals surface area contributed by atoms with Crippen LogP contribution in [0.3, 0.4) is 0 Å². The van der Waals surface area contributed by atoms with Crippen molar-refractivity contribution in [2.24, 2.45) is 0 Å². The molecule has 0 aliphatic rings. The van der Waals surface area contributed by atoms with Crippen molar-refractivity contribution in [1.29, 1.82) is 5.26 Å². The maximum Gasteiger partial charge on any atom is 0.263 e. The van der Waals surface area contributed by atoms with Crippen molar-refractivity contribution in [1.82, 2.24) is 5.32 Å². The Morgan fingerprint density at radius 2 is 2.00 bits per heavy atom. The van der Waals surface area contributed by atoms with Gasteiger partial charge in [-0.15, -0.1) is 0 Å². The maximum absolute atomic E-state index is 12.1. The predicted octanol–water partition coefficient (Wildman–Crippen LogP) is 3.53. The second kappa shape index (κ2) is 8.76. The Balaban J connectivity index is 1.90. The zero-order valence-corrected chi connectivity index (χ0v) is 14.5. The Bertz CT molecular complexity index is 824. The summed E-state index contributed by atoms with van der Waals surface area (Å²) < 4.78 is 0. The van der Waals surface area contributed by atoms with Gasteiger partial charge in [-0.1, -0.05) is 29.8 Å². The average molecular weight is 356 g/mol. The molecule has 1 amide bonds. The van der Waals surface area contributed by atoms with E-state index < -0.39 is 5.91 Å². The molecule has 0 unspecified atom stereocenters. The van der Waals surface area contributed by atoms with Crippen LogP contribution in [0.4, 0.5) is 5.69 Å². The quantitative estimate of drug-likeness (QED) is 0.546. The van der Waals surface area contributed by atoms with E-state index in [-0.39, 0.29) is 11.3 Å². The minimum absolute atomic E-state index is 0.0256. The van der Waals surface area contributed by atoms with E-state index in [0.717, 1.165) is 11.1 Å². The third kappa shape index (κ3) is 5.55. The molecule has 0 aliphatic heterocycles. The van der Waals surface area contributed by atoms with Crippen molar-refractivity contribution in [3.63, 3.8) is 0 Å². The number of rotatable bonds is 6. The molecule has 2 aromatic carbocycles. The summed E-state index contributed by atoms with van der Waals surface area (Å²) in [6.07, 6.45) is 1.96. The highest BCUT2D eigenvalue weighted by atomic mass is 35.5. The van der Waals surface area contributed by atoms with E-state index >= 15 is 0 Å². The van der Waals surface area contributed by atoms with Gasteiger partial charge in [0.05, 0.1) is 0 Å². The van der Waals surface area contributed by atoms with Crippen LogP contribution in [0, 0.1) is 18.3 Å². The molecule has 2 aromatic rings. The van der Waals surface area contributed by atoms with Gasteiger partial charge in [0.15, 0.2) is 0 Å². The fraction of sp³-hybridized carbons (Fsp3) is 0.158. The van der Waals surface area contributed by atoms with Gasteiger partial charge >= 0.3 is 0 Å². The number of hydrogen-bond acceptors (Lipinski definition) is 4. The van der Waals surface area contributed by atoms with Gasteiger partial charge in [-0.3, -0.25) is 4.79 Å². The monoisotopic (exact) mass is 355 g/mol. The number of benzene rings is 2. The lowest BCUT2D eigenvalue weighted by Gasteiger charge is -2.06. The molecule has 0 fully saturated rings. The van der Waals surface area contributed by atoms with Gasteiger partial charge in [-0.25, -0.2) is 0 Å². The number of hydrogen-bond donors (Lipinski definition) is 3. The number of amides is 1. The highest BCUT2D eigenvalue weighted by molar-refractivity contribution is 6.31. The lowest BCUT2D eigenvalue weighted by molar-refractivity contribution is -0.117. The summed E-state index contributed by atoms with van der Waals surface area (Å²) in [7, 11) is 0. The molecule has 0 spiro atoms. The first-order chi connectivity index (χ1) is 12.0. The summed E-state index contributed by atoms with van der Waals surface area (Å²) in [6, 6.07) is 14.0. The van der Waals surface area contributed by atoms with Crippen LogP contribution in [0.5, 0.6) is 5.75 Å². The van der Waals surface area contributed by atoms with Crippen molar-refractivity contribution in [3.05, 3.63) is 70.4 Å². The number of nitrogens with zero attached hydrogens (tertiary/aromatic N) is 1. The van der Waals surface area contributed by atoms with Crippen LogP contribution in [0.2, 0.25) is 5.02 Å². The van der Waals surface area contributed by atoms with Crippen LogP contribution < -0.4 is 10.6 Å². The molecule has 0 saturated carbocycles. The number of phenols is 1. The van der Waals surface area contributed by atoms with E-state index in [9.17, 15) is 9.90 Å². The molecule has 0 bridgehead atoms. The summed E-state index contributed by atoms with van der Waals surface area (Å²) in [5, 5.41) is 24.6. The third-order valence-electron chi connectivity index (χ3n) is 3.56. The number of carbonyl (C=O) groups excluding carboxylic acids is 1. The second-order valence-corrected chi connectivity index (χ2v) is 5.86. The Morgan fingerprint density at radius 1 is 1.28 bits per heavy atom. The zero-order valence-electron chi connectivity index (χ0n) is 13.7. The van der Waals surface area contributed by atoms with E-state index in [1.54, 1.807) is 30.3 Å². The average Bonchev–Trinajstić information content (AvgIpc) is 2.60. The van der Waals surface area contributed by atoms with E-state index in [0.29, 0.717) is 23.7 Å². The molecule has 2 rings (SSSR count). The van der Waals surface area contributed by atoms with Gasteiger partial charge in [-0.2, -0.15) is 5.26 Å². The van der Waals surface area contributed by atoms with Crippen LogP contribution in [-0.2, 0) is 11.2 Å². The van der Waals surface area contributed by atoms with E-state index in [2.05, 4.69) is 10.6 Å². The summed E-state index contributed by atoms with van der Waals surface area (Å²) >= 11 is 6.04. The number of carbonyl (C=O) groups is 1. The molecular weight excluding hydrogens is 338 g/mol. The Morgan fingerprint density at radius 3 is 2.64 bits per heavy atom. The van der Waals surface area contributed by atoms with Gasteiger partial charge < -0.3 is 15.7 Å². The molecule has 6 heteroatoms. The molecule has 128 valence electrons. The van der Waals surface area contributed by atoms with Crippen LogP contribution >= 0.6 is 11.6 Å². The van der Waals surface area contributed by atoms with Gasteiger partial charge in [-0.05, 0) is 48.7 Å². The van der Waals surface area contributed by atoms with Gasteiger partial charge in [0.2, 0.25) is 0 Å². The highest BCUT2D eigenvalue weighted by Gasteiger charge is 2.08. The molecule has 25 heavy (non-hydrogen) atoms. The smallest absolute Gasteiger partial charge is 0.263 e. The number of aromatic hydroxyl groups is 1. The van der Waals surface area contributed by atoms with E-state index in [1.165, 1.54) is 6.20 Å². The fourth-order valence-electron chi connectivity index (χ4n) is 2.06. The van der Waals surface area contributed by atoms with Gasteiger partial charge in [0.25, 0.3) is 5.91 Å². The lowest BCUT2D eigenvalue weighted by Crippen LogP contribution is -2.27. The standard InChI is InChI=1S/C19H18ClN3O2/c1-13-2-5-16(10-18(13)20)23-12-15(11-21)19(25)22-9-8-14-3-6-17(24)7-4-14/h2-7,10,12,23-24H,8-9H2,1H3,(H,22,25)/b15-12-. The third-order valence-corrected chi connectivity index (χ3v) is 3.96. The van der Waals surface area contributed by atoms with Crippen molar-refractivity contribution in [3.8, 4) is 11.8 Å². The molecule has 0 atom stereocenters. The summed E-state index contributed by atoms with van der Waals surface area (Å²) in [5.41, 5.74) is 2.60. The molecular formula is C19H18ClN3O2. The first-order valence-corrected chi connectivity index (χ1v) is 8.06. The van der Waals surface area contributed by atoms with Crippen LogP contribution in [0.1, 0.15) is 11.1 Å². The lowest BCUT2D eigenvalue weighted by atomic mass is 10.1. The van der Waals surface area contributed by atoms with Crippen molar-refractivity contribution >= 4 is 23.2 Å². The number of aryl methyl sites for hydroxylation is 1. The van der Waals surface area contributed by atoms with Crippen LogP contribution in [-0.4, -0.2) is 17.6 Å². The Hall–Kier alpha value is -2.97. The summed E-state index contributed by atoms with van der Waals surface area (Å²) in [4.78, 5) is 12.1. The largest absolute Gasteiger partial charge is 0.508 e. The van der Waals surface area contributed by atoms with E-state index in [1.807, 2.05) is 25.1 Å². The molecule has 0 radical (unpaired) electrons. The van der Waals surface area contributed by atoms with Crippen LogP contribution in [0.25, 0.3) is 0 Å². The van der Waals surface area contributed by atoms with Gasteiger partial charge in [0.1, 0.15) is 17.4 Å². The maximum atomic E-state index is 12.1. The topological polar surface area (TPSA) is 85.2 Å². The first kappa shape index (κ1) is 18.4. The molecule has 0 aliphatic carbocycles. The second-order valence-electron chi connectivity index (χ2n) is 5.45. The number of nitriles is 1.